The van der Waals surface area contributed by atoms with Gasteiger partial charge < -0.3 is 10.0 Å². The van der Waals surface area contributed by atoms with E-state index in [2.05, 4.69) is 0 Å². The van der Waals surface area contributed by atoms with E-state index in [9.17, 15) is 14.7 Å². The Bertz CT molecular complexity index is 957. The fraction of sp³-hybridized carbons (Fsp3) is 0.417. The fourth-order valence-corrected chi connectivity index (χ4v) is 5.07. The Balaban J connectivity index is 1.83. The van der Waals surface area contributed by atoms with Crippen molar-refractivity contribution < 1.29 is 14.7 Å². The van der Waals surface area contributed by atoms with Gasteiger partial charge in [-0.1, -0.05) is 54.4 Å². The van der Waals surface area contributed by atoms with E-state index in [1.165, 1.54) is 0 Å². The summed E-state index contributed by atoms with van der Waals surface area (Å²) in [4.78, 5) is 27.2. The summed E-state index contributed by atoms with van der Waals surface area (Å²) in [6, 6.07) is 15.1. The molecular weight excluding hydrogens is 421 g/mol. The number of hydrogen-bond acceptors (Lipinski definition) is 2. The molecule has 0 unspecified atom stereocenters. The third-order valence-electron chi connectivity index (χ3n) is 6.35. The van der Waals surface area contributed by atoms with Gasteiger partial charge in [-0.3, -0.25) is 9.59 Å². The molecule has 0 radical (unpaired) electrons. The van der Waals surface area contributed by atoms with Gasteiger partial charge in [-0.2, -0.15) is 0 Å². The summed E-state index contributed by atoms with van der Waals surface area (Å²) in [5.41, 5.74) is 1.07. The highest BCUT2D eigenvalue weighted by Crippen LogP contribution is 2.52. The normalized spacial score (nSPS) is 26.6. The zero-order valence-electron chi connectivity index (χ0n) is 16.9. The molecule has 1 saturated carbocycles. The second-order valence-electron chi connectivity index (χ2n) is 8.89. The van der Waals surface area contributed by atoms with Crippen LogP contribution in [0, 0.1) is 11.3 Å². The number of carbonyl (C=O) groups is 2. The van der Waals surface area contributed by atoms with Crippen LogP contribution in [-0.2, 0) is 9.59 Å². The Labute approximate surface area is 186 Å². The average molecular weight is 446 g/mol. The molecule has 4 rings (SSSR count). The molecule has 1 aliphatic carbocycles. The molecule has 6 heteroatoms. The maximum atomic E-state index is 13.7. The molecule has 3 atom stereocenters. The first-order valence-corrected chi connectivity index (χ1v) is 11.1. The van der Waals surface area contributed by atoms with Gasteiger partial charge in [0.1, 0.15) is 0 Å². The number of carboxylic acid groups (broad SMARTS) is 1. The zero-order chi connectivity index (χ0) is 21.5. The van der Waals surface area contributed by atoms with Crippen LogP contribution in [0.4, 0.5) is 0 Å². The molecule has 4 nitrogen and oxygen atoms in total. The van der Waals surface area contributed by atoms with Gasteiger partial charge in [0.15, 0.2) is 0 Å². The highest BCUT2D eigenvalue weighted by Gasteiger charge is 2.51. The molecule has 2 aliphatic rings. The SMILES string of the molecule is C[C@@]1(CC(=O)O)C[C@H](c2cccc(Cl)c2)[C@@H](c2ccc(Cl)cc2)N(CC2CC2)C1=O. The number of piperidine rings is 1. The van der Waals surface area contributed by atoms with Crippen LogP contribution in [-0.4, -0.2) is 28.4 Å². The Hall–Kier alpha value is -2.04. The van der Waals surface area contributed by atoms with E-state index in [1.807, 2.05) is 53.4 Å². The quantitative estimate of drug-likeness (QED) is 0.597. The Morgan fingerprint density at radius 1 is 1.10 bits per heavy atom. The smallest absolute Gasteiger partial charge is 0.304 e. The summed E-state index contributed by atoms with van der Waals surface area (Å²) in [5, 5.41) is 10.8. The first-order valence-electron chi connectivity index (χ1n) is 10.3. The van der Waals surface area contributed by atoms with Crippen LogP contribution < -0.4 is 0 Å². The standard InChI is InChI=1S/C24H25Cl2NO3/c1-24(13-21(28)29)12-20(17-3-2-4-19(26)11-17)22(16-7-9-18(25)10-8-16)27(23(24)30)14-15-5-6-15/h2-4,7-11,15,20,22H,5-6,12-14H2,1H3,(H,28,29)/t20-,22-,24+/m1/s1. The molecule has 2 aromatic rings. The van der Waals surface area contributed by atoms with Gasteiger partial charge in [-0.15, -0.1) is 0 Å². The van der Waals surface area contributed by atoms with E-state index < -0.39 is 11.4 Å². The minimum absolute atomic E-state index is 0.0642. The highest BCUT2D eigenvalue weighted by atomic mass is 35.5. The molecule has 0 bridgehead atoms. The van der Waals surface area contributed by atoms with E-state index in [0.29, 0.717) is 28.9 Å². The van der Waals surface area contributed by atoms with Crippen molar-refractivity contribution in [3.8, 4) is 0 Å². The monoisotopic (exact) mass is 445 g/mol. The minimum Gasteiger partial charge on any atom is -0.481 e. The van der Waals surface area contributed by atoms with Crippen LogP contribution in [0.2, 0.25) is 10.0 Å². The van der Waals surface area contributed by atoms with Crippen LogP contribution in [0.15, 0.2) is 48.5 Å². The summed E-state index contributed by atoms with van der Waals surface area (Å²) in [7, 11) is 0. The van der Waals surface area contributed by atoms with Gasteiger partial charge >= 0.3 is 5.97 Å². The van der Waals surface area contributed by atoms with Gasteiger partial charge in [0.05, 0.1) is 17.9 Å². The van der Waals surface area contributed by atoms with Gasteiger partial charge in [0.25, 0.3) is 0 Å². The Morgan fingerprint density at radius 3 is 2.40 bits per heavy atom. The van der Waals surface area contributed by atoms with Crippen LogP contribution in [0.1, 0.15) is 55.7 Å². The summed E-state index contributed by atoms with van der Waals surface area (Å²) in [6.07, 6.45) is 2.48. The van der Waals surface area contributed by atoms with E-state index >= 15 is 0 Å². The van der Waals surface area contributed by atoms with E-state index in [4.69, 9.17) is 23.2 Å². The molecule has 158 valence electrons. The first kappa shape index (κ1) is 21.2. The number of likely N-dealkylation sites (tertiary alicyclic amines) is 1. The van der Waals surface area contributed by atoms with Crippen molar-refractivity contribution in [2.45, 2.75) is 44.6 Å². The van der Waals surface area contributed by atoms with Crippen molar-refractivity contribution in [2.24, 2.45) is 11.3 Å². The molecule has 1 aliphatic heterocycles. The topological polar surface area (TPSA) is 57.6 Å². The number of halogens is 2. The van der Waals surface area contributed by atoms with Gasteiger partial charge in [0, 0.05) is 22.5 Å². The molecule has 30 heavy (non-hydrogen) atoms. The summed E-state index contributed by atoms with van der Waals surface area (Å²) in [6.45, 7) is 2.44. The molecule has 2 fully saturated rings. The number of carbonyl (C=O) groups excluding carboxylic acids is 1. The zero-order valence-corrected chi connectivity index (χ0v) is 18.4. The fourth-order valence-electron chi connectivity index (χ4n) is 4.74. The van der Waals surface area contributed by atoms with Crippen molar-refractivity contribution >= 4 is 35.1 Å². The minimum atomic E-state index is -0.962. The summed E-state index contributed by atoms with van der Waals surface area (Å²) < 4.78 is 0. The molecule has 1 saturated heterocycles. The molecular formula is C24H25Cl2NO3. The molecule has 0 spiro atoms. The lowest BCUT2D eigenvalue weighted by atomic mass is 9.67. The summed E-state index contributed by atoms with van der Waals surface area (Å²) >= 11 is 12.4. The van der Waals surface area contributed by atoms with E-state index in [0.717, 1.165) is 24.0 Å². The third kappa shape index (κ3) is 4.35. The lowest BCUT2D eigenvalue weighted by Gasteiger charge is -2.49. The summed E-state index contributed by atoms with van der Waals surface area (Å²) in [5.74, 6) is -0.608. The average Bonchev–Trinajstić information content (AvgIpc) is 3.50. The van der Waals surface area contributed by atoms with Crippen molar-refractivity contribution in [1.82, 2.24) is 4.90 Å². The van der Waals surface area contributed by atoms with Crippen LogP contribution in [0.5, 0.6) is 0 Å². The number of nitrogens with zero attached hydrogens (tertiary/aromatic N) is 1. The van der Waals surface area contributed by atoms with Crippen molar-refractivity contribution in [3.63, 3.8) is 0 Å². The van der Waals surface area contributed by atoms with Crippen LogP contribution in [0.25, 0.3) is 0 Å². The number of aliphatic carboxylic acids is 1. The number of hydrogen-bond donors (Lipinski definition) is 1. The maximum absolute atomic E-state index is 13.7. The van der Waals surface area contributed by atoms with E-state index in [-0.39, 0.29) is 24.3 Å². The lowest BCUT2D eigenvalue weighted by molar-refractivity contribution is -0.157. The Kier molecular flexibility index (Phi) is 5.82. The molecule has 2 aromatic carbocycles. The van der Waals surface area contributed by atoms with Gasteiger partial charge in [-0.25, -0.2) is 0 Å². The van der Waals surface area contributed by atoms with E-state index in [1.54, 1.807) is 6.92 Å². The number of benzene rings is 2. The van der Waals surface area contributed by atoms with Crippen molar-refractivity contribution in [1.29, 1.82) is 0 Å². The predicted molar refractivity (Wildman–Crippen MR) is 118 cm³/mol. The lowest BCUT2D eigenvalue weighted by Crippen LogP contribution is -2.53. The largest absolute Gasteiger partial charge is 0.481 e. The molecule has 1 N–H and O–H groups in total. The van der Waals surface area contributed by atoms with Crippen LogP contribution in [0.3, 0.4) is 0 Å². The number of carboxylic acids is 1. The van der Waals surface area contributed by atoms with Gasteiger partial charge in [-0.05, 0) is 60.6 Å². The maximum Gasteiger partial charge on any atom is 0.304 e. The first-order chi connectivity index (χ1) is 14.3. The number of amides is 1. The molecule has 1 heterocycles. The number of rotatable bonds is 6. The van der Waals surface area contributed by atoms with Gasteiger partial charge in [0.2, 0.25) is 5.91 Å². The van der Waals surface area contributed by atoms with Crippen molar-refractivity contribution in [3.05, 3.63) is 69.7 Å². The second kappa shape index (κ2) is 8.24. The molecule has 1 amide bonds. The highest BCUT2D eigenvalue weighted by molar-refractivity contribution is 6.30. The third-order valence-corrected chi connectivity index (χ3v) is 6.83. The Morgan fingerprint density at radius 2 is 1.80 bits per heavy atom. The second-order valence-corrected chi connectivity index (χ2v) is 9.77. The van der Waals surface area contributed by atoms with Crippen molar-refractivity contribution in [2.75, 3.05) is 6.54 Å². The van der Waals surface area contributed by atoms with Crippen LogP contribution >= 0.6 is 23.2 Å². The molecule has 0 aromatic heterocycles. The predicted octanol–water partition coefficient (Wildman–Crippen LogP) is 5.94.